The van der Waals surface area contributed by atoms with Gasteiger partial charge in [0, 0.05) is 19.3 Å². The van der Waals surface area contributed by atoms with Crippen LogP contribution < -0.4 is 5.73 Å². The molecule has 1 aromatic rings. The van der Waals surface area contributed by atoms with Crippen molar-refractivity contribution in [1.29, 1.82) is 0 Å². The van der Waals surface area contributed by atoms with E-state index in [1.165, 1.54) is 19.3 Å². The Morgan fingerprint density at radius 3 is 2.80 bits per heavy atom. The normalized spacial score (nSPS) is 34.8. The molecule has 2 bridgehead atoms. The molecule has 0 aromatic carbocycles. The number of anilines is 1. The average Bonchev–Trinajstić information content (AvgIpc) is 2.95. The van der Waals surface area contributed by atoms with Gasteiger partial charge in [0.15, 0.2) is 0 Å². The van der Waals surface area contributed by atoms with Gasteiger partial charge < -0.3 is 10.5 Å². The lowest BCUT2D eigenvalue weighted by atomic mass is 9.70. The number of aromatic nitrogens is 2. The summed E-state index contributed by atoms with van der Waals surface area (Å²) >= 11 is 0. The fourth-order valence-corrected chi connectivity index (χ4v) is 4.34. The number of hydrogen-bond donors (Lipinski definition) is 1. The second kappa shape index (κ2) is 4.76. The summed E-state index contributed by atoms with van der Waals surface area (Å²) in [5.74, 6) is 1.44. The zero-order valence-electron chi connectivity index (χ0n) is 12.9. The molecule has 20 heavy (non-hydrogen) atoms. The summed E-state index contributed by atoms with van der Waals surface area (Å²) < 4.78 is 8.13. The van der Waals surface area contributed by atoms with Crippen LogP contribution in [0.25, 0.3) is 0 Å². The average molecular weight is 277 g/mol. The van der Waals surface area contributed by atoms with E-state index in [2.05, 4.69) is 25.9 Å². The summed E-state index contributed by atoms with van der Waals surface area (Å²) in [5.41, 5.74) is 6.41. The molecule has 0 amide bonds. The minimum Gasteiger partial charge on any atom is -0.382 e. The molecule has 0 radical (unpaired) electrons. The summed E-state index contributed by atoms with van der Waals surface area (Å²) in [6, 6.07) is 1.83. The Morgan fingerprint density at radius 2 is 2.25 bits per heavy atom. The molecule has 2 saturated carbocycles. The van der Waals surface area contributed by atoms with Crippen LogP contribution in [-0.4, -0.2) is 22.5 Å². The third-order valence-corrected chi connectivity index (χ3v) is 6.23. The Hall–Kier alpha value is -1.03. The van der Waals surface area contributed by atoms with E-state index in [0.717, 1.165) is 25.5 Å². The Kier molecular flexibility index (Phi) is 3.32. The molecular formula is C16H27N3O. The standard InChI is InChI=1S/C16H27N3O/c1-15(2)12-5-7-16(15,3)13(11-12)20-10-4-8-19-9-6-14(17)18-19/h6,9,12-13H,4-5,7-8,10-11H2,1-3H3,(H2,17,18). The van der Waals surface area contributed by atoms with Crippen molar-refractivity contribution in [1.82, 2.24) is 9.78 Å². The van der Waals surface area contributed by atoms with E-state index in [4.69, 9.17) is 10.5 Å². The highest BCUT2D eigenvalue weighted by atomic mass is 16.5. The van der Waals surface area contributed by atoms with E-state index in [1.807, 2.05) is 16.9 Å². The molecular weight excluding hydrogens is 250 g/mol. The number of nitrogens with two attached hydrogens (primary N) is 1. The molecule has 0 spiro atoms. The molecule has 2 aliphatic carbocycles. The highest BCUT2D eigenvalue weighted by molar-refractivity contribution is 5.23. The van der Waals surface area contributed by atoms with Gasteiger partial charge in [0.25, 0.3) is 0 Å². The predicted molar refractivity (Wildman–Crippen MR) is 80.2 cm³/mol. The maximum absolute atomic E-state index is 6.23. The van der Waals surface area contributed by atoms with Crippen LogP contribution in [0, 0.1) is 16.7 Å². The minimum absolute atomic E-state index is 0.369. The quantitative estimate of drug-likeness (QED) is 0.841. The number of aryl methyl sites for hydroxylation is 1. The first-order valence-corrected chi connectivity index (χ1v) is 7.84. The largest absolute Gasteiger partial charge is 0.382 e. The van der Waals surface area contributed by atoms with Crippen molar-refractivity contribution < 1.29 is 4.74 Å². The molecule has 2 fully saturated rings. The third kappa shape index (κ3) is 2.05. The second-order valence-electron chi connectivity index (χ2n) is 7.33. The smallest absolute Gasteiger partial charge is 0.145 e. The van der Waals surface area contributed by atoms with Crippen LogP contribution in [0.5, 0.6) is 0 Å². The first-order chi connectivity index (χ1) is 9.43. The Morgan fingerprint density at radius 1 is 1.45 bits per heavy atom. The molecule has 4 heteroatoms. The molecule has 1 aromatic heterocycles. The van der Waals surface area contributed by atoms with Gasteiger partial charge >= 0.3 is 0 Å². The van der Waals surface area contributed by atoms with Crippen LogP contribution in [0.3, 0.4) is 0 Å². The van der Waals surface area contributed by atoms with E-state index in [9.17, 15) is 0 Å². The fourth-order valence-electron chi connectivity index (χ4n) is 4.34. The lowest BCUT2D eigenvalue weighted by molar-refractivity contribution is -0.0479. The van der Waals surface area contributed by atoms with Gasteiger partial charge in [0.05, 0.1) is 6.10 Å². The number of rotatable bonds is 5. The summed E-state index contributed by atoms with van der Waals surface area (Å²) in [7, 11) is 0. The van der Waals surface area contributed by atoms with Gasteiger partial charge in [0.1, 0.15) is 5.82 Å². The molecule has 2 N–H and O–H groups in total. The lowest BCUT2D eigenvalue weighted by Crippen LogP contribution is -2.37. The van der Waals surface area contributed by atoms with Crippen molar-refractivity contribution in [2.45, 2.75) is 59.1 Å². The van der Waals surface area contributed by atoms with E-state index >= 15 is 0 Å². The van der Waals surface area contributed by atoms with Crippen LogP contribution >= 0.6 is 0 Å². The van der Waals surface area contributed by atoms with Crippen LogP contribution in [-0.2, 0) is 11.3 Å². The first-order valence-electron chi connectivity index (χ1n) is 7.84. The van der Waals surface area contributed by atoms with Crippen molar-refractivity contribution in [2.75, 3.05) is 12.3 Å². The minimum atomic E-state index is 0.369. The van der Waals surface area contributed by atoms with Crippen LogP contribution in [0.4, 0.5) is 5.82 Å². The maximum atomic E-state index is 6.23. The van der Waals surface area contributed by atoms with Gasteiger partial charge in [-0.2, -0.15) is 5.10 Å². The maximum Gasteiger partial charge on any atom is 0.145 e. The summed E-state index contributed by atoms with van der Waals surface area (Å²) in [4.78, 5) is 0. The van der Waals surface area contributed by atoms with Crippen LogP contribution in [0.1, 0.15) is 46.5 Å². The zero-order chi connectivity index (χ0) is 14.4. The molecule has 3 atom stereocenters. The SMILES string of the molecule is CC1(C)C2CCC1(C)C(OCCCn1ccc(N)n1)C2. The molecule has 2 aliphatic rings. The highest BCUT2D eigenvalue weighted by Gasteiger charge is 2.61. The van der Waals surface area contributed by atoms with E-state index in [0.29, 0.717) is 22.8 Å². The molecule has 3 rings (SSSR count). The van der Waals surface area contributed by atoms with Gasteiger partial charge in [-0.25, -0.2) is 0 Å². The van der Waals surface area contributed by atoms with Gasteiger partial charge in [-0.1, -0.05) is 20.8 Å². The second-order valence-corrected chi connectivity index (χ2v) is 7.33. The molecule has 1 heterocycles. The Labute approximate surface area is 121 Å². The van der Waals surface area contributed by atoms with E-state index < -0.39 is 0 Å². The highest BCUT2D eigenvalue weighted by Crippen LogP contribution is 2.66. The van der Waals surface area contributed by atoms with Gasteiger partial charge in [-0.15, -0.1) is 0 Å². The molecule has 4 nitrogen and oxygen atoms in total. The van der Waals surface area contributed by atoms with Crippen molar-refractivity contribution in [3.8, 4) is 0 Å². The van der Waals surface area contributed by atoms with Crippen LogP contribution in [0.2, 0.25) is 0 Å². The van der Waals surface area contributed by atoms with Gasteiger partial charge in [-0.3, -0.25) is 4.68 Å². The van der Waals surface area contributed by atoms with Crippen molar-refractivity contribution >= 4 is 5.82 Å². The summed E-state index contributed by atoms with van der Waals surface area (Å²) in [5, 5.41) is 4.19. The third-order valence-electron chi connectivity index (χ3n) is 6.23. The number of ether oxygens (including phenoxy) is 1. The van der Waals surface area contributed by atoms with Crippen molar-refractivity contribution in [3.63, 3.8) is 0 Å². The number of hydrogen-bond acceptors (Lipinski definition) is 3. The monoisotopic (exact) mass is 277 g/mol. The van der Waals surface area contributed by atoms with Gasteiger partial charge in [-0.05, 0) is 48.5 Å². The van der Waals surface area contributed by atoms with Crippen molar-refractivity contribution in [2.24, 2.45) is 16.7 Å². The topological polar surface area (TPSA) is 53.1 Å². The predicted octanol–water partition coefficient (Wildman–Crippen LogP) is 3.09. The van der Waals surface area contributed by atoms with Crippen LogP contribution in [0.15, 0.2) is 12.3 Å². The summed E-state index contributed by atoms with van der Waals surface area (Å²) in [6.07, 6.45) is 7.33. The molecule has 0 aliphatic heterocycles. The number of fused-ring (bicyclic) bond motifs is 2. The van der Waals surface area contributed by atoms with Gasteiger partial charge in [0.2, 0.25) is 0 Å². The van der Waals surface area contributed by atoms with Crippen molar-refractivity contribution in [3.05, 3.63) is 12.3 Å². The fraction of sp³-hybridized carbons (Fsp3) is 0.812. The number of nitrogens with zero attached hydrogens (tertiary/aromatic N) is 2. The molecule has 3 unspecified atom stereocenters. The Bertz CT molecular complexity index is 482. The zero-order valence-corrected chi connectivity index (χ0v) is 12.9. The van der Waals surface area contributed by atoms with E-state index in [1.54, 1.807) is 0 Å². The molecule has 0 saturated heterocycles. The molecule has 112 valence electrons. The Balaban J connectivity index is 1.48. The lowest BCUT2D eigenvalue weighted by Gasteiger charge is -2.38. The number of nitrogen functional groups attached to an aromatic ring is 1. The van der Waals surface area contributed by atoms with E-state index in [-0.39, 0.29) is 0 Å². The summed E-state index contributed by atoms with van der Waals surface area (Å²) in [6.45, 7) is 9.00. The first kappa shape index (κ1) is 13.9.